The van der Waals surface area contributed by atoms with E-state index in [0.717, 1.165) is 9.80 Å². The van der Waals surface area contributed by atoms with Crippen molar-refractivity contribution in [1.82, 2.24) is 15.1 Å². The molecule has 0 bridgehead atoms. The zero-order valence-corrected chi connectivity index (χ0v) is 11.0. The number of nitrogens with one attached hydrogen (secondary N) is 1. The Bertz CT molecular complexity index is 423. The van der Waals surface area contributed by atoms with E-state index in [1.54, 1.807) is 6.92 Å². The first-order chi connectivity index (χ1) is 8.79. The second-order valence-electron chi connectivity index (χ2n) is 4.37. The Morgan fingerprint density at radius 3 is 2.58 bits per heavy atom. The van der Waals surface area contributed by atoms with Gasteiger partial charge >= 0.3 is 12.0 Å². The summed E-state index contributed by atoms with van der Waals surface area (Å²) in [7, 11) is 1.34. The number of piperazine rings is 1. The summed E-state index contributed by atoms with van der Waals surface area (Å²) in [6, 6.07) is -2.44. The molecule has 0 aromatic heterocycles. The van der Waals surface area contributed by atoms with E-state index in [0.29, 0.717) is 0 Å². The van der Waals surface area contributed by atoms with Crippen LogP contribution in [0.5, 0.6) is 0 Å². The normalized spacial score (nSPS) is 20.8. The minimum Gasteiger partial charge on any atom is -0.480 e. The first kappa shape index (κ1) is 14.9. The van der Waals surface area contributed by atoms with Crippen molar-refractivity contribution in [2.45, 2.75) is 32.4 Å². The molecule has 4 amide bonds. The predicted molar refractivity (Wildman–Crippen MR) is 64.2 cm³/mol. The molecule has 19 heavy (non-hydrogen) atoms. The fraction of sp³-hybridized carbons (Fsp3) is 0.636. The molecule has 0 saturated carbocycles. The van der Waals surface area contributed by atoms with Crippen molar-refractivity contribution < 1.29 is 24.3 Å². The van der Waals surface area contributed by atoms with Gasteiger partial charge in [-0.05, 0) is 13.3 Å². The maximum Gasteiger partial charge on any atom is 0.326 e. The van der Waals surface area contributed by atoms with Crippen LogP contribution in [-0.2, 0) is 14.4 Å². The van der Waals surface area contributed by atoms with E-state index in [2.05, 4.69) is 5.32 Å². The summed E-state index contributed by atoms with van der Waals surface area (Å²) in [6.45, 7) is 2.86. The van der Waals surface area contributed by atoms with Crippen molar-refractivity contribution in [2.75, 3.05) is 13.6 Å². The summed E-state index contributed by atoms with van der Waals surface area (Å²) < 4.78 is 0. The van der Waals surface area contributed by atoms with E-state index >= 15 is 0 Å². The standard InChI is InChI=1S/C11H17N3O5/c1-4-7(10(17)18)13(3)11(19)14-5-8(15)12-9(16)6(14)2/h6-7H,4-5H2,1-3H3,(H,17,18)(H,12,15,16). The number of carbonyl (C=O) groups is 4. The van der Waals surface area contributed by atoms with Gasteiger partial charge in [-0.25, -0.2) is 9.59 Å². The van der Waals surface area contributed by atoms with Gasteiger partial charge in [0.2, 0.25) is 11.8 Å². The molecule has 1 heterocycles. The molecule has 1 aliphatic heterocycles. The molecule has 2 unspecified atom stereocenters. The van der Waals surface area contributed by atoms with Crippen LogP contribution in [0.25, 0.3) is 0 Å². The third kappa shape index (κ3) is 3.01. The fourth-order valence-corrected chi connectivity index (χ4v) is 1.90. The first-order valence-electron chi connectivity index (χ1n) is 5.89. The zero-order chi connectivity index (χ0) is 14.7. The summed E-state index contributed by atoms with van der Waals surface area (Å²) in [6.07, 6.45) is 0.236. The van der Waals surface area contributed by atoms with Crippen LogP contribution in [0, 0.1) is 0 Å². The highest BCUT2D eigenvalue weighted by molar-refractivity contribution is 6.04. The molecule has 0 aromatic rings. The molecular formula is C11H17N3O5. The second kappa shape index (κ2) is 5.68. The number of hydrogen-bond donors (Lipinski definition) is 2. The second-order valence-corrected chi connectivity index (χ2v) is 4.37. The number of likely N-dealkylation sites (N-methyl/N-ethyl adjacent to an activating group) is 1. The largest absolute Gasteiger partial charge is 0.480 e. The quantitative estimate of drug-likeness (QED) is 0.657. The topological polar surface area (TPSA) is 107 Å². The molecular weight excluding hydrogens is 254 g/mol. The fourth-order valence-electron chi connectivity index (χ4n) is 1.90. The number of nitrogens with zero attached hydrogens (tertiary/aromatic N) is 2. The average Bonchev–Trinajstić information content (AvgIpc) is 2.33. The summed E-state index contributed by atoms with van der Waals surface area (Å²) in [5, 5.41) is 11.1. The highest BCUT2D eigenvalue weighted by Gasteiger charge is 2.37. The van der Waals surface area contributed by atoms with Crippen LogP contribution in [0.15, 0.2) is 0 Å². The molecule has 2 atom stereocenters. The minimum absolute atomic E-state index is 0.236. The van der Waals surface area contributed by atoms with Gasteiger partial charge in [-0.3, -0.25) is 14.9 Å². The van der Waals surface area contributed by atoms with Crippen molar-refractivity contribution in [3.05, 3.63) is 0 Å². The molecule has 0 aromatic carbocycles. The third-order valence-corrected chi connectivity index (χ3v) is 3.11. The number of rotatable bonds is 3. The maximum absolute atomic E-state index is 12.2. The van der Waals surface area contributed by atoms with Crippen LogP contribution in [-0.4, -0.2) is 64.4 Å². The van der Waals surface area contributed by atoms with Crippen molar-refractivity contribution >= 4 is 23.8 Å². The van der Waals surface area contributed by atoms with Gasteiger partial charge in [0, 0.05) is 7.05 Å². The van der Waals surface area contributed by atoms with Crippen LogP contribution < -0.4 is 5.32 Å². The predicted octanol–water partition coefficient (Wildman–Crippen LogP) is -0.752. The van der Waals surface area contributed by atoms with Crippen molar-refractivity contribution in [1.29, 1.82) is 0 Å². The molecule has 0 radical (unpaired) electrons. The number of imide groups is 1. The lowest BCUT2D eigenvalue weighted by Crippen LogP contribution is -2.62. The molecule has 1 aliphatic rings. The molecule has 8 nitrogen and oxygen atoms in total. The third-order valence-electron chi connectivity index (χ3n) is 3.11. The lowest BCUT2D eigenvalue weighted by Gasteiger charge is -2.36. The lowest BCUT2D eigenvalue weighted by molar-refractivity contribution is -0.142. The molecule has 0 spiro atoms. The number of carboxylic acids is 1. The molecule has 1 rings (SSSR count). The van der Waals surface area contributed by atoms with Crippen LogP contribution >= 0.6 is 0 Å². The Hall–Kier alpha value is -2.12. The molecule has 1 fully saturated rings. The van der Waals surface area contributed by atoms with Gasteiger partial charge in [-0.2, -0.15) is 0 Å². The molecule has 1 saturated heterocycles. The van der Waals surface area contributed by atoms with E-state index < -0.39 is 35.9 Å². The number of hydrogen-bond acceptors (Lipinski definition) is 4. The summed E-state index contributed by atoms with van der Waals surface area (Å²) in [5.41, 5.74) is 0. The molecule has 0 aliphatic carbocycles. The van der Waals surface area contributed by atoms with E-state index in [9.17, 15) is 19.2 Å². The summed E-state index contributed by atoms with van der Waals surface area (Å²) >= 11 is 0. The van der Waals surface area contributed by atoms with Gasteiger partial charge in [-0.1, -0.05) is 6.92 Å². The summed E-state index contributed by atoms with van der Waals surface area (Å²) in [4.78, 5) is 48.0. The number of aliphatic carboxylic acids is 1. The number of carbonyl (C=O) groups excluding carboxylic acids is 3. The maximum atomic E-state index is 12.2. The van der Waals surface area contributed by atoms with Crippen LogP contribution in [0.4, 0.5) is 4.79 Å². The lowest BCUT2D eigenvalue weighted by atomic mass is 10.2. The Labute approximate surface area is 110 Å². The molecule has 106 valence electrons. The number of amides is 4. The van der Waals surface area contributed by atoms with Crippen LogP contribution in [0.3, 0.4) is 0 Å². The monoisotopic (exact) mass is 271 g/mol. The van der Waals surface area contributed by atoms with Gasteiger partial charge in [-0.15, -0.1) is 0 Å². The van der Waals surface area contributed by atoms with Crippen molar-refractivity contribution in [3.63, 3.8) is 0 Å². The van der Waals surface area contributed by atoms with Gasteiger partial charge in [0.05, 0.1) is 0 Å². The van der Waals surface area contributed by atoms with E-state index in [4.69, 9.17) is 5.11 Å². The molecule has 2 N–H and O–H groups in total. The zero-order valence-electron chi connectivity index (χ0n) is 11.0. The van der Waals surface area contributed by atoms with Crippen molar-refractivity contribution in [2.24, 2.45) is 0 Å². The first-order valence-corrected chi connectivity index (χ1v) is 5.89. The highest BCUT2D eigenvalue weighted by atomic mass is 16.4. The van der Waals surface area contributed by atoms with Gasteiger partial charge in [0.1, 0.15) is 18.6 Å². The number of carboxylic acid groups (broad SMARTS) is 1. The van der Waals surface area contributed by atoms with E-state index in [1.165, 1.54) is 14.0 Å². The Morgan fingerprint density at radius 1 is 1.53 bits per heavy atom. The minimum atomic E-state index is -1.13. The Kier molecular flexibility index (Phi) is 4.47. The number of urea groups is 1. The Balaban J connectivity index is 2.89. The van der Waals surface area contributed by atoms with E-state index in [-0.39, 0.29) is 13.0 Å². The van der Waals surface area contributed by atoms with Gasteiger partial charge in [0.15, 0.2) is 0 Å². The SMILES string of the molecule is CCC(C(=O)O)N(C)C(=O)N1CC(=O)NC(=O)C1C. The van der Waals surface area contributed by atoms with Gasteiger partial charge in [0.25, 0.3) is 0 Å². The smallest absolute Gasteiger partial charge is 0.326 e. The van der Waals surface area contributed by atoms with Crippen LogP contribution in [0.1, 0.15) is 20.3 Å². The summed E-state index contributed by atoms with van der Waals surface area (Å²) in [5.74, 6) is -2.27. The average molecular weight is 271 g/mol. The Morgan fingerprint density at radius 2 is 2.11 bits per heavy atom. The van der Waals surface area contributed by atoms with Crippen molar-refractivity contribution in [3.8, 4) is 0 Å². The highest BCUT2D eigenvalue weighted by Crippen LogP contribution is 2.11. The van der Waals surface area contributed by atoms with E-state index in [1.807, 2.05) is 0 Å². The van der Waals surface area contributed by atoms with Gasteiger partial charge < -0.3 is 14.9 Å². The molecule has 8 heteroatoms. The van der Waals surface area contributed by atoms with Crippen LogP contribution in [0.2, 0.25) is 0 Å².